The summed E-state index contributed by atoms with van der Waals surface area (Å²) < 4.78 is 37.7. The molecule has 1 aromatic rings. The summed E-state index contributed by atoms with van der Waals surface area (Å²) in [6.45, 7) is 0. The second-order valence-electron chi connectivity index (χ2n) is 4.78. The molecule has 2 N–H and O–H groups in total. The van der Waals surface area contributed by atoms with E-state index in [9.17, 15) is 13.2 Å². The lowest BCUT2D eigenvalue weighted by Crippen LogP contribution is -2.25. The van der Waals surface area contributed by atoms with Gasteiger partial charge < -0.3 is 5.73 Å². The Morgan fingerprint density at radius 2 is 1.88 bits per heavy atom. The number of rotatable bonds is 0. The highest BCUT2D eigenvalue weighted by Crippen LogP contribution is 2.53. The Balaban J connectivity index is 2.06. The molecule has 1 fully saturated rings. The minimum absolute atomic E-state index is 0.134. The molecule has 3 rings (SSSR count). The van der Waals surface area contributed by atoms with Crippen LogP contribution in [0.25, 0.3) is 0 Å². The molecule has 3 atom stereocenters. The molecule has 0 saturated heterocycles. The maximum Gasteiger partial charge on any atom is 0.416 e. The summed E-state index contributed by atoms with van der Waals surface area (Å²) in [6, 6.07) is 4.23. The van der Waals surface area contributed by atoms with Gasteiger partial charge >= 0.3 is 6.18 Å². The lowest BCUT2D eigenvalue weighted by atomic mass is 9.87. The first-order valence-electron chi connectivity index (χ1n) is 5.43. The zero-order chi connectivity index (χ0) is 11.5. The molecule has 16 heavy (non-hydrogen) atoms. The van der Waals surface area contributed by atoms with Crippen molar-refractivity contribution < 1.29 is 13.2 Å². The van der Waals surface area contributed by atoms with Crippen LogP contribution in [-0.4, -0.2) is 6.04 Å². The van der Waals surface area contributed by atoms with E-state index in [-0.39, 0.29) is 17.9 Å². The minimum atomic E-state index is -4.24. The SMILES string of the molecule is N[C@@H]1C[C@H]2C[C@@H]1c1ccc(C(F)(F)F)cc12. The van der Waals surface area contributed by atoms with Gasteiger partial charge in [0.25, 0.3) is 0 Å². The van der Waals surface area contributed by atoms with Crippen molar-refractivity contribution in [2.45, 2.75) is 36.9 Å². The van der Waals surface area contributed by atoms with Gasteiger partial charge in [-0.15, -0.1) is 0 Å². The molecule has 86 valence electrons. The van der Waals surface area contributed by atoms with Crippen LogP contribution in [0.2, 0.25) is 0 Å². The highest BCUT2D eigenvalue weighted by molar-refractivity contribution is 5.45. The number of hydrogen-bond acceptors (Lipinski definition) is 1. The van der Waals surface area contributed by atoms with Crippen molar-refractivity contribution in [1.82, 2.24) is 0 Å². The van der Waals surface area contributed by atoms with E-state index in [0.29, 0.717) is 0 Å². The zero-order valence-corrected chi connectivity index (χ0v) is 8.59. The number of nitrogens with two attached hydrogens (primary N) is 1. The normalized spacial score (nSPS) is 31.9. The van der Waals surface area contributed by atoms with Crippen molar-refractivity contribution >= 4 is 0 Å². The fourth-order valence-electron chi connectivity index (χ4n) is 3.12. The molecule has 0 aliphatic heterocycles. The number of fused-ring (bicyclic) bond motifs is 5. The van der Waals surface area contributed by atoms with Gasteiger partial charge in [-0.25, -0.2) is 0 Å². The van der Waals surface area contributed by atoms with Gasteiger partial charge in [0.05, 0.1) is 5.56 Å². The van der Waals surface area contributed by atoms with Crippen LogP contribution in [0.1, 0.15) is 41.4 Å². The van der Waals surface area contributed by atoms with Gasteiger partial charge in [0, 0.05) is 6.04 Å². The lowest BCUT2D eigenvalue weighted by molar-refractivity contribution is -0.137. The van der Waals surface area contributed by atoms with Crippen LogP contribution in [0.15, 0.2) is 18.2 Å². The van der Waals surface area contributed by atoms with Gasteiger partial charge in [0.1, 0.15) is 0 Å². The van der Waals surface area contributed by atoms with Gasteiger partial charge in [-0.05, 0) is 47.9 Å². The molecule has 1 nitrogen and oxygen atoms in total. The van der Waals surface area contributed by atoms with Crippen LogP contribution < -0.4 is 5.73 Å². The topological polar surface area (TPSA) is 26.0 Å². The molecule has 0 heterocycles. The van der Waals surface area contributed by atoms with Gasteiger partial charge in [0.2, 0.25) is 0 Å². The summed E-state index contributed by atoms with van der Waals surface area (Å²) in [5.74, 6) is 0.527. The van der Waals surface area contributed by atoms with E-state index in [0.717, 1.165) is 24.0 Å². The second kappa shape index (κ2) is 3.00. The quantitative estimate of drug-likeness (QED) is 0.724. The van der Waals surface area contributed by atoms with Crippen LogP contribution in [0.4, 0.5) is 13.2 Å². The summed E-state index contributed by atoms with van der Waals surface area (Å²) in [7, 11) is 0. The van der Waals surface area contributed by atoms with Crippen molar-refractivity contribution in [2.24, 2.45) is 5.73 Å². The average molecular weight is 227 g/mol. The highest BCUT2D eigenvalue weighted by Gasteiger charge is 2.43. The summed E-state index contributed by atoms with van der Waals surface area (Å²) in [5, 5.41) is 0. The van der Waals surface area contributed by atoms with E-state index >= 15 is 0 Å². The molecule has 0 radical (unpaired) electrons. The van der Waals surface area contributed by atoms with Gasteiger partial charge in [-0.2, -0.15) is 13.2 Å². The van der Waals surface area contributed by atoms with Crippen LogP contribution >= 0.6 is 0 Å². The van der Waals surface area contributed by atoms with Crippen molar-refractivity contribution in [3.05, 3.63) is 34.9 Å². The Hall–Kier alpha value is -1.03. The molecule has 0 amide bonds. The van der Waals surface area contributed by atoms with E-state index < -0.39 is 11.7 Å². The van der Waals surface area contributed by atoms with Crippen molar-refractivity contribution in [3.8, 4) is 0 Å². The average Bonchev–Trinajstić information content (AvgIpc) is 2.73. The molecule has 2 bridgehead atoms. The maximum absolute atomic E-state index is 12.6. The zero-order valence-electron chi connectivity index (χ0n) is 8.59. The van der Waals surface area contributed by atoms with Crippen LogP contribution in [0.3, 0.4) is 0 Å². The summed E-state index contributed by atoms with van der Waals surface area (Å²) in [4.78, 5) is 0. The van der Waals surface area contributed by atoms with E-state index in [2.05, 4.69) is 0 Å². The Bertz CT molecular complexity index is 438. The third kappa shape index (κ3) is 1.29. The van der Waals surface area contributed by atoms with Gasteiger partial charge in [-0.1, -0.05) is 6.07 Å². The van der Waals surface area contributed by atoms with Crippen molar-refractivity contribution in [2.75, 3.05) is 0 Å². The molecule has 2 aliphatic carbocycles. The Morgan fingerprint density at radius 1 is 1.12 bits per heavy atom. The van der Waals surface area contributed by atoms with E-state index in [4.69, 9.17) is 5.73 Å². The number of hydrogen-bond donors (Lipinski definition) is 1. The van der Waals surface area contributed by atoms with Crippen LogP contribution in [0, 0.1) is 0 Å². The molecule has 0 spiro atoms. The van der Waals surface area contributed by atoms with Crippen molar-refractivity contribution in [1.29, 1.82) is 0 Å². The second-order valence-corrected chi connectivity index (χ2v) is 4.78. The first-order chi connectivity index (χ1) is 7.47. The molecular weight excluding hydrogens is 215 g/mol. The lowest BCUT2D eigenvalue weighted by Gasteiger charge is -2.22. The molecule has 4 heteroatoms. The Morgan fingerprint density at radius 3 is 2.56 bits per heavy atom. The summed E-state index contributed by atoms with van der Waals surface area (Å²) in [5.41, 5.74) is 7.32. The first-order valence-corrected chi connectivity index (χ1v) is 5.43. The molecule has 0 aromatic heterocycles. The largest absolute Gasteiger partial charge is 0.416 e. The highest BCUT2D eigenvalue weighted by atomic mass is 19.4. The monoisotopic (exact) mass is 227 g/mol. The molecule has 1 aromatic carbocycles. The van der Waals surface area contributed by atoms with E-state index in [1.807, 2.05) is 0 Å². The minimum Gasteiger partial charge on any atom is -0.327 e. The molecular formula is C12H12F3N. The fourth-order valence-corrected chi connectivity index (χ4v) is 3.12. The van der Waals surface area contributed by atoms with Crippen LogP contribution in [-0.2, 0) is 6.18 Å². The molecule has 0 unspecified atom stereocenters. The number of halogens is 3. The van der Waals surface area contributed by atoms with Crippen LogP contribution in [0.5, 0.6) is 0 Å². The van der Waals surface area contributed by atoms with Crippen molar-refractivity contribution in [3.63, 3.8) is 0 Å². The van der Waals surface area contributed by atoms with E-state index in [1.54, 1.807) is 6.07 Å². The fraction of sp³-hybridized carbons (Fsp3) is 0.500. The summed E-state index contributed by atoms with van der Waals surface area (Å²) in [6.07, 6.45) is -2.48. The third-order valence-corrected chi connectivity index (χ3v) is 3.87. The first kappa shape index (κ1) is 10.1. The number of alkyl halides is 3. The Kier molecular flexibility index (Phi) is 1.90. The molecule has 2 aliphatic rings. The number of benzene rings is 1. The smallest absolute Gasteiger partial charge is 0.327 e. The summed E-state index contributed by atoms with van der Waals surface area (Å²) >= 11 is 0. The predicted molar refractivity (Wildman–Crippen MR) is 54.1 cm³/mol. The predicted octanol–water partition coefficient (Wildman–Crippen LogP) is 3.01. The standard InChI is InChI=1S/C12H12F3N/c13-12(14,15)7-1-2-8-9(5-7)6-3-10(8)11(16)4-6/h1-2,5-6,10-11H,3-4,16H2/t6-,10-,11-/m1/s1. The van der Waals surface area contributed by atoms with Gasteiger partial charge in [0.15, 0.2) is 0 Å². The van der Waals surface area contributed by atoms with E-state index in [1.165, 1.54) is 12.1 Å². The molecule has 1 saturated carbocycles. The van der Waals surface area contributed by atoms with Gasteiger partial charge in [-0.3, -0.25) is 0 Å². The maximum atomic E-state index is 12.6. The Labute approximate surface area is 91.4 Å². The third-order valence-electron chi connectivity index (χ3n) is 3.87.